The number of carbonyl (C=O) groups is 1. The third-order valence-corrected chi connectivity index (χ3v) is 5.90. The molecular formula is C24H30N6O4. The van der Waals surface area contributed by atoms with Crippen LogP contribution in [-0.2, 0) is 16.0 Å². The van der Waals surface area contributed by atoms with Crippen molar-refractivity contribution in [3.8, 4) is 17.3 Å². The van der Waals surface area contributed by atoms with Gasteiger partial charge in [0.2, 0.25) is 5.91 Å². The first kappa shape index (κ1) is 23.5. The molecule has 10 heteroatoms. The van der Waals surface area contributed by atoms with Crippen LogP contribution in [0.4, 0.5) is 11.5 Å². The van der Waals surface area contributed by atoms with Crippen LogP contribution in [-0.4, -0.2) is 66.4 Å². The molecule has 1 aliphatic rings. The topological polar surface area (TPSA) is 104 Å². The molecule has 34 heavy (non-hydrogen) atoms. The van der Waals surface area contributed by atoms with E-state index in [0.717, 1.165) is 35.9 Å². The lowest BCUT2D eigenvalue weighted by atomic mass is 10.1. The first-order valence-electron chi connectivity index (χ1n) is 11.2. The lowest BCUT2D eigenvalue weighted by Crippen LogP contribution is -2.36. The summed E-state index contributed by atoms with van der Waals surface area (Å²) in [5.74, 6) is 2.57. The van der Waals surface area contributed by atoms with Crippen LogP contribution < -0.4 is 19.7 Å². The van der Waals surface area contributed by atoms with Crippen molar-refractivity contribution in [2.75, 3.05) is 50.7 Å². The number of carbonyl (C=O) groups excluding carboxylic acids is 1. The Morgan fingerprint density at radius 1 is 1.03 bits per heavy atom. The van der Waals surface area contributed by atoms with Crippen LogP contribution in [0.5, 0.6) is 11.5 Å². The van der Waals surface area contributed by atoms with Gasteiger partial charge in [0.05, 0.1) is 33.1 Å². The number of methoxy groups -OCH3 is 2. The van der Waals surface area contributed by atoms with Gasteiger partial charge in [-0.2, -0.15) is 5.10 Å². The Kier molecular flexibility index (Phi) is 7.27. The SMILES string of the molecule is COc1ccc(NC(=O)CCc2c(C)nn(-c3ccc(N4CCOCC4)nn3)c2C)cc1OC. The van der Waals surface area contributed by atoms with Gasteiger partial charge < -0.3 is 24.4 Å². The minimum absolute atomic E-state index is 0.0894. The molecule has 1 saturated heterocycles. The maximum Gasteiger partial charge on any atom is 0.224 e. The standard InChI is InChI=1S/C24H30N6O4/c1-16-19(6-10-24(31)25-18-5-7-20(32-3)21(15-18)33-4)17(2)30(28-16)23-9-8-22(26-27-23)29-11-13-34-14-12-29/h5,7-9,15H,6,10-14H2,1-4H3,(H,25,31). The van der Waals surface area contributed by atoms with Gasteiger partial charge in [-0.15, -0.1) is 10.2 Å². The summed E-state index contributed by atoms with van der Waals surface area (Å²) >= 11 is 0. The second kappa shape index (κ2) is 10.5. The number of morpholine rings is 1. The maximum atomic E-state index is 12.6. The average Bonchev–Trinajstić information content (AvgIpc) is 3.16. The quantitative estimate of drug-likeness (QED) is 0.541. The predicted octanol–water partition coefficient (Wildman–Crippen LogP) is 2.70. The number of aryl methyl sites for hydroxylation is 1. The highest BCUT2D eigenvalue weighted by molar-refractivity contribution is 5.91. The summed E-state index contributed by atoms with van der Waals surface area (Å²) in [7, 11) is 3.14. The molecule has 0 radical (unpaired) electrons. The van der Waals surface area contributed by atoms with E-state index in [9.17, 15) is 4.79 Å². The van der Waals surface area contributed by atoms with Gasteiger partial charge >= 0.3 is 0 Å². The molecule has 0 aliphatic carbocycles. The van der Waals surface area contributed by atoms with E-state index in [4.69, 9.17) is 14.2 Å². The van der Waals surface area contributed by atoms with Crippen LogP contribution in [0.2, 0.25) is 0 Å². The van der Waals surface area contributed by atoms with E-state index in [1.807, 2.05) is 26.0 Å². The van der Waals surface area contributed by atoms with Crippen LogP contribution in [0.25, 0.3) is 5.82 Å². The van der Waals surface area contributed by atoms with Crippen LogP contribution >= 0.6 is 0 Å². The van der Waals surface area contributed by atoms with E-state index in [1.165, 1.54) is 0 Å². The van der Waals surface area contributed by atoms with Gasteiger partial charge in [-0.05, 0) is 50.1 Å². The molecule has 0 bridgehead atoms. The second-order valence-corrected chi connectivity index (χ2v) is 8.03. The van der Waals surface area contributed by atoms with Crippen LogP contribution in [0.1, 0.15) is 23.4 Å². The number of hydrogen-bond acceptors (Lipinski definition) is 8. The number of benzene rings is 1. The number of nitrogens with one attached hydrogen (secondary N) is 1. The summed E-state index contributed by atoms with van der Waals surface area (Å²) in [6.45, 7) is 6.94. The smallest absolute Gasteiger partial charge is 0.224 e. The van der Waals surface area contributed by atoms with Crippen molar-refractivity contribution in [3.05, 3.63) is 47.3 Å². The largest absolute Gasteiger partial charge is 0.493 e. The van der Waals surface area contributed by atoms with Gasteiger partial charge in [0, 0.05) is 37.0 Å². The summed E-state index contributed by atoms with van der Waals surface area (Å²) in [5, 5.41) is 16.3. The number of anilines is 2. The van der Waals surface area contributed by atoms with E-state index < -0.39 is 0 Å². The van der Waals surface area contributed by atoms with E-state index in [0.29, 0.717) is 49.1 Å². The lowest BCUT2D eigenvalue weighted by molar-refractivity contribution is -0.116. The van der Waals surface area contributed by atoms with Crippen LogP contribution in [0, 0.1) is 13.8 Å². The van der Waals surface area contributed by atoms with Gasteiger partial charge in [-0.25, -0.2) is 4.68 Å². The molecule has 1 N–H and O–H groups in total. The zero-order chi connectivity index (χ0) is 24.1. The van der Waals surface area contributed by atoms with Crippen molar-refractivity contribution in [1.29, 1.82) is 0 Å². The highest BCUT2D eigenvalue weighted by Gasteiger charge is 2.17. The molecule has 1 amide bonds. The highest BCUT2D eigenvalue weighted by Crippen LogP contribution is 2.30. The Hall–Kier alpha value is -3.66. The Labute approximate surface area is 198 Å². The molecule has 180 valence electrons. The fourth-order valence-electron chi connectivity index (χ4n) is 4.03. The zero-order valence-corrected chi connectivity index (χ0v) is 20.0. The molecule has 0 unspecified atom stereocenters. The summed E-state index contributed by atoms with van der Waals surface area (Å²) in [6, 6.07) is 9.17. The molecule has 4 rings (SSSR count). The number of aromatic nitrogens is 4. The fraction of sp³-hybridized carbons (Fsp3) is 0.417. The third-order valence-electron chi connectivity index (χ3n) is 5.90. The lowest BCUT2D eigenvalue weighted by Gasteiger charge is -2.27. The van der Waals surface area contributed by atoms with Gasteiger partial charge in [0.1, 0.15) is 0 Å². The summed E-state index contributed by atoms with van der Waals surface area (Å²) < 4.78 is 17.7. The minimum Gasteiger partial charge on any atom is -0.493 e. The second-order valence-electron chi connectivity index (χ2n) is 8.03. The minimum atomic E-state index is -0.0894. The Morgan fingerprint density at radius 3 is 2.41 bits per heavy atom. The molecule has 1 aromatic carbocycles. The molecule has 2 aromatic heterocycles. The van der Waals surface area contributed by atoms with Crippen LogP contribution in [0.15, 0.2) is 30.3 Å². The molecule has 0 spiro atoms. The van der Waals surface area contributed by atoms with Crippen molar-refractivity contribution in [3.63, 3.8) is 0 Å². The third kappa shape index (κ3) is 5.12. The Balaban J connectivity index is 1.41. The molecule has 1 aliphatic heterocycles. The van der Waals surface area contributed by atoms with Gasteiger partial charge in [0.15, 0.2) is 23.1 Å². The molecule has 3 aromatic rings. The van der Waals surface area contributed by atoms with E-state index in [2.05, 4.69) is 25.5 Å². The molecule has 3 heterocycles. The average molecular weight is 467 g/mol. The number of amides is 1. The van der Waals surface area contributed by atoms with Gasteiger partial charge in [-0.3, -0.25) is 4.79 Å². The Bertz CT molecular complexity index is 1140. The highest BCUT2D eigenvalue weighted by atomic mass is 16.5. The molecule has 0 atom stereocenters. The summed E-state index contributed by atoms with van der Waals surface area (Å²) in [6.07, 6.45) is 0.888. The molecule has 0 saturated carbocycles. The fourth-order valence-corrected chi connectivity index (χ4v) is 4.03. The maximum absolute atomic E-state index is 12.6. The van der Waals surface area contributed by atoms with Crippen molar-refractivity contribution in [2.45, 2.75) is 26.7 Å². The van der Waals surface area contributed by atoms with E-state index in [1.54, 1.807) is 37.1 Å². The van der Waals surface area contributed by atoms with E-state index >= 15 is 0 Å². The predicted molar refractivity (Wildman–Crippen MR) is 128 cm³/mol. The first-order valence-corrected chi connectivity index (χ1v) is 11.2. The van der Waals surface area contributed by atoms with Gasteiger partial charge in [0.25, 0.3) is 0 Å². The van der Waals surface area contributed by atoms with Gasteiger partial charge in [-0.1, -0.05) is 0 Å². The molecule has 10 nitrogen and oxygen atoms in total. The first-order chi connectivity index (χ1) is 16.5. The van der Waals surface area contributed by atoms with Crippen molar-refractivity contribution < 1.29 is 19.0 Å². The summed E-state index contributed by atoms with van der Waals surface area (Å²) in [5.41, 5.74) is 3.50. The number of hydrogen-bond donors (Lipinski definition) is 1. The Morgan fingerprint density at radius 2 is 1.74 bits per heavy atom. The summed E-state index contributed by atoms with van der Waals surface area (Å²) in [4.78, 5) is 14.7. The van der Waals surface area contributed by atoms with E-state index in [-0.39, 0.29) is 5.91 Å². The van der Waals surface area contributed by atoms with Crippen LogP contribution in [0.3, 0.4) is 0 Å². The molecule has 1 fully saturated rings. The van der Waals surface area contributed by atoms with Crippen molar-refractivity contribution in [2.24, 2.45) is 0 Å². The number of ether oxygens (including phenoxy) is 3. The normalized spacial score (nSPS) is 13.6. The number of nitrogens with zero attached hydrogens (tertiary/aromatic N) is 5. The monoisotopic (exact) mass is 466 g/mol. The molecular weight excluding hydrogens is 436 g/mol. The zero-order valence-electron chi connectivity index (χ0n) is 20.0. The van der Waals surface area contributed by atoms with Crippen molar-refractivity contribution >= 4 is 17.4 Å². The van der Waals surface area contributed by atoms with Crippen molar-refractivity contribution in [1.82, 2.24) is 20.0 Å². The number of rotatable bonds is 8.